The van der Waals surface area contributed by atoms with E-state index in [4.69, 9.17) is 18.9 Å². The van der Waals surface area contributed by atoms with E-state index in [0.717, 1.165) is 83.6 Å². The highest BCUT2D eigenvalue weighted by molar-refractivity contribution is 5.70. The van der Waals surface area contributed by atoms with Crippen LogP contribution >= 0.6 is 0 Å². The van der Waals surface area contributed by atoms with Gasteiger partial charge in [-0.2, -0.15) is 0 Å². The molecule has 0 aromatic rings. The van der Waals surface area contributed by atoms with E-state index in [2.05, 4.69) is 32.6 Å². The maximum atomic E-state index is 12.5. The summed E-state index contributed by atoms with van der Waals surface area (Å²) in [6.45, 7) is 12.5. The Hall–Kier alpha value is -1.67. The van der Waals surface area contributed by atoms with Gasteiger partial charge in [0.25, 0.3) is 0 Å². The van der Waals surface area contributed by atoms with Gasteiger partial charge in [0.2, 0.25) is 0 Å². The Labute approximate surface area is 353 Å². The van der Waals surface area contributed by atoms with Crippen LogP contribution in [0.3, 0.4) is 0 Å². The molecule has 8 heteroatoms. The van der Waals surface area contributed by atoms with Gasteiger partial charge in [-0.25, -0.2) is 0 Å². The van der Waals surface area contributed by atoms with Crippen molar-refractivity contribution in [1.29, 1.82) is 0 Å². The van der Waals surface area contributed by atoms with Crippen LogP contribution < -0.4 is 0 Å². The maximum absolute atomic E-state index is 12.5. The lowest BCUT2D eigenvalue weighted by atomic mass is 9.94. The summed E-state index contributed by atoms with van der Waals surface area (Å²) in [5.74, 6) is 1.14. The summed E-state index contributed by atoms with van der Waals surface area (Å²) in [4.78, 5) is 39.5. The van der Waals surface area contributed by atoms with Crippen LogP contribution in [0.15, 0.2) is 0 Å². The van der Waals surface area contributed by atoms with Gasteiger partial charge >= 0.3 is 17.9 Å². The molecular weight excluding hydrogens is 715 g/mol. The molecule has 0 spiro atoms. The first-order chi connectivity index (χ1) is 27.7. The van der Waals surface area contributed by atoms with Gasteiger partial charge in [0, 0.05) is 19.4 Å². The first kappa shape index (κ1) is 55.3. The summed E-state index contributed by atoms with van der Waals surface area (Å²) in [5.41, 5.74) is 0. The first-order valence-corrected chi connectivity index (χ1v) is 24.4. The third-order valence-electron chi connectivity index (χ3n) is 11.4. The summed E-state index contributed by atoms with van der Waals surface area (Å²) in [6.07, 6.45) is 33.7. The fraction of sp³-hybridized carbons (Fsp3) is 0.939. The van der Waals surface area contributed by atoms with Gasteiger partial charge in [-0.15, -0.1) is 0 Å². The second kappa shape index (κ2) is 42.5. The molecule has 0 aromatic carbocycles. The standard InChI is InChI=1S/C49H95NO7/c1-7-11-15-23-31-44(29-13-9-3)41-55-47(51)35-27-21-17-19-25-33-46(43-57-49(53)37-39-54-40-38-50(5)6)34-26-20-18-22-28-36-48(52)56-42-45(30-14-10-4)32-24-16-12-8-2/h44-46H,7-43H2,1-6H3. The second-order valence-corrected chi connectivity index (χ2v) is 17.4. The summed E-state index contributed by atoms with van der Waals surface area (Å²) < 4.78 is 22.8. The van der Waals surface area contributed by atoms with Gasteiger partial charge in [-0.1, -0.05) is 156 Å². The minimum absolute atomic E-state index is 0.0330. The topological polar surface area (TPSA) is 91.4 Å². The molecule has 0 fully saturated rings. The molecule has 0 heterocycles. The van der Waals surface area contributed by atoms with Gasteiger partial charge in [0.15, 0.2) is 0 Å². The summed E-state index contributed by atoms with van der Waals surface area (Å²) >= 11 is 0. The Morgan fingerprint density at radius 3 is 1.07 bits per heavy atom. The molecule has 0 aromatic heterocycles. The fourth-order valence-corrected chi connectivity index (χ4v) is 7.46. The number of ether oxygens (including phenoxy) is 4. The molecule has 0 N–H and O–H groups in total. The summed E-state index contributed by atoms with van der Waals surface area (Å²) in [5, 5.41) is 0. The van der Waals surface area contributed by atoms with Crippen LogP contribution in [-0.2, 0) is 33.3 Å². The molecule has 2 atom stereocenters. The van der Waals surface area contributed by atoms with Crippen molar-refractivity contribution < 1.29 is 33.3 Å². The molecule has 0 radical (unpaired) electrons. The van der Waals surface area contributed by atoms with Crippen molar-refractivity contribution in [2.75, 3.05) is 53.7 Å². The van der Waals surface area contributed by atoms with E-state index in [0.29, 0.717) is 70.1 Å². The Morgan fingerprint density at radius 2 is 0.702 bits per heavy atom. The average Bonchev–Trinajstić information content (AvgIpc) is 3.20. The fourth-order valence-electron chi connectivity index (χ4n) is 7.46. The molecule has 0 aliphatic heterocycles. The van der Waals surface area contributed by atoms with Crippen molar-refractivity contribution in [2.24, 2.45) is 17.8 Å². The lowest BCUT2D eigenvalue weighted by molar-refractivity contribution is -0.147. The number of rotatable bonds is 44. The van der Waals surface area contributed by atoms with Crippen molar-refractivity contribution >= 4 is 17.9 Å². The molecule has 0 saturated carbocycles. The number of likely N-dealkylation sites (N-methyl/N-ethyl adjacent to an activating group) is 1. The SMILES string of the molecule is CCCCCCC(CCCC)COC(=O)CCCCCCCC(CCCCCCCC(=O)OCC(CCCC)CCCCCC)COC(=O)CCOCCN(C)C. The van der Waals surface area contributed by atoms with Gasteiger partial charge in [0.05, 0.1) is 39.5 Å². The number of hydrogen-bond acceptors (Lipinski definition) is 8. The first-order valence-electron chi connectivity index (χ1n) is 24.4. The van der Waals surface area contributed by atoms with Crippen LogP contribution in [0, 0.1) is 17.8 Å². The molecule has 57 heavy (non-hydrogen) atoms. The van der Waals surface area contributed by atoms with Crippen molar-refractivity contribution in [2.45, 2.75) is 227 Å². The normalized spacial score (nSPS) is 13.1. The third kappa shape index (κ3) is 39.6. The largest absolute Gasteiger partial charge is 0.465 e. The number of esters is 3. The smallest absolute Gasteiger partial charge is 0.308 e. The zero-order valence-electron chi connectivity index (χ0n) is 38.7. The lowest BCUT2D eigenvalue weighted by Gasteiger charge is -2.18. The number of unbranched alkanes of at least 4 members (excludes halogenated alkanes) is 16. The van der Waals surface area contributed by atoms with E-state index in [1.807, 2.05) is 14.1 Å². The van der Waals surface area contributed by atoms with E-state index < -0.39 is 0 Å². The lowest BCUT2D eigenvalue weighted by Crippen LogP contribution is -2.20. The van der Waals surface area contributed by atoms with Gasteiger partial charge in [-0.05, 0) is 83.2 Å². The quantitative estimate of drug-likeness (QED) is 0.0341. The van der Waals surface area contributed by atoms with E-state index >= 15 is 0 Å². The number of nitrogens with zero attached hydrogens (tertiary/aromatic N) is 1. The zero-order chi connectivity index (χ0) is 42.0. The molecule has 0 saturated heterocycles. The van der Waals surface area contributed by atoms with Crippen molar-refractivity contribution in [3.8, 4) is 0 Å². The Bertz CT molecular complexity index is 843. The van der Waals surface area contributed by atoms with Gasteiger partial charge in [0.1, 0.15) is 0 Å². The molecule has 0 aliphatic rings. The predicted molar refractivity (Wildman–Crippen MR) is 239 cm³/mol. The van der Waals surface area contributed by atoms with Crippen LogP contribution in [0.4, 0.5) is 0 Å². The highest BCUT2D eigenvalue weighted by Gasteiger charge is 2.15. The molecule has 0 aliphatic carbocycles. The van der Waals surface area contributed by atoms with Crippen molar-refractivity contribution in [3.05, 3.63) is 0 Å². The van der Waals surface area contributed by atoms with Crippen LogP contribution in [-0.4, -0.2) is 76.5 Å². The van der Waals surface area contributed by atoms with Gasteiger partial charge in [-0.3, -0.25) is 14.4 Å². The Balaban J connectivity index is 4.48. The molecule has 0 amide bonds. The van der Waals surface area contributed by atoms with E-state index in [9.17, 15) is 14.4 Å². The molecule has 338 valence electrons. The van der Waals surface area contributed by atoms with Crippen LogP contribution in [0.5, 0.6) is 0 Å². The number of carbonyl (C=O) groups excluding carboxylic acids is 3. The third-order valence-corrected chi connectivity index (χ3v) is 11.4. The van der Waals surface area contributed by atoms with Crippen LogP contribution in [0.2, 0.25) is 0 Å². The molecule has 8 nitrogen and oxygen atoms in total. The maximum Gasteiger partial charge on any atom is 0.308 e. The monoisotopic (exact) mass is 810 g/mol. The van der Waals surface area contributed by atoms with E-state index in [1.54, 1.807) is 0 Å². The molecule has 2 unspecified atom stereocenters. The molecular formula is C49H95NO7. The Morgan fingerprint density at radius 1 is 0.386 bits per heavy atom. The highest BCUT2D eigenvalue weighted by atomic mass is 16.5. The van der Waals surface area contributed by atoms with Gasteiger partial charge < -0.3 is 23.8 Å². The average molecular weight is 810 g/mol. The molecule has 0 bridgehead atoms. The molecule has 0 rings (SSSR count). The van der Waals surface area contributed by atoms with Crippen molar-refractivity contribution in [1.82, 2.24) is 4.90 Å². The minimum atomic E-state index is -0.176. The zero-order valence-corrected chi connectivity index (χ0v) is 38.7. The second-order valence-electron chi connectivity index (χ2n) is 17.4. The van der Waals surface area contributed by atoms with Crippen LogP contribution in [0.1, 0.15) is 227 Å². The minimum Gasteiger partial charge on any atom is -0.465 e. The Kier molecular flexibility index (Phi) is 41.2. The number of carbonyl (C=O) groups is 3. The summed E-state index contributed by atoms with van der Waals surface area (Å²) in [7, 11) is 4.01. The van der Waals surface area contributed by atoms with Crippen LogP contribution in [0.25, 0.3) is 0 Å². The van der Waals surface area contributed by atoms with E-state index in [-0.39, 0.29) is 17.9 Å². The summed E-state index contributed by atoms with van der Waals surface area (Å²) in [6, 6.07) is 0. The number of hydrogen-bond donors (Lipinski definition) is 0. The predicted octanol–water partition coefficient (Wildman–Crippen LogP) is 13.2. The van der Waals surface area contributed by atoms with E-state index in [1.165, 1.54) is 103 Å². The van der Waals surface area contributed by atoms with Crippen molar-refractivity contribution in [3.63, 3.8) is 0 Å². The highest BCUT2D eigenvalue weighted by Crippen LogP contribution is 2.22.